The molecule has 0 radical (unpaired) electrons. The highest BCUT2D eigenvalue weighted by molar-refractivity contribution is 6.35. The van der Waals surface area contributed by atoms with Crippen molar-refractivity contribution in [3.63, 3.8) is 0 Å². The largest absolute Gasteiger partial charge is 0.457 e. The van der Waals surface area contributed by atoms with Crippen molar-refractivity contribution in [3.05, 3.63) is 33.8 Å². The predicted molar refractivity (Wildman–Crippen MR) is 54.5 cm³/mol. The van der Waals surface area contributed by atoms with Crippen molar-refractivity contribution < 1.29 is 9.53 Å². The Morgan fingerprint density at radius 3 is 2.71 bits per heavy atom. The summed E-state index contributed by atoms with van der Waals surface area (Å²) in [5, 5.41) is 1.14. The van der Waals surface area contributed by atoms with Gasteiger partial charge in [0, 0.05) is 22.0 Å². The van der Waals surface area contributed by atoms with Gasteiger partial charge in [-0.05, 0) is 18.6 Å². The normalized spacial score (nSPS) is 21.0. The molecule has 1 saturated heterocycles. The molecule has 1 aromatic rings. The van der Waals surface area contributed by atoms with E-state index in [1.165, 1.54) is 0 Å². The van der Waals surface area contributed by atoms with E-state index < -0.39 is 0 Å². The number of carbonyl (C=O) groups excluding carboxylic acids is 1. The molecule has 74 valence electrons. The Hall–Kier alpha value is -0.730. The third-order valence-electron chi connectivity index (χ3n) is 2.19. The van der Waals surface area contributed by atoms with Gasteiger partial charge in [0.25, 0.3) is 0 Å². The second-order valence-corrected chi connectivity index (χ2v) is 4.03. The average Bonchev–Trinajstić information content (AvgIpc) is 2.51. The van der Waals surface area contributed by atoms with Crippen LogP contribution in [0.5, 0.6) is 0 Å². The maximum absolute atomic E-state index is 10.9. The van der Waals surface area contributed by atoms with Gasteiger partial charge in [-0.25, -0.2) is 0 Å². The average molecular weight is 231 g/mol. The first-order valence-corrected chi connectivity index (χ1v) is 5.07. The fraction of sp³-hybridized carbons (Fsp3) is 0.300. The Balaban J connectivity index is 2.28. The summed E-state index contributed by atoms with van der Waals surface area (Å²) >= 11 is 11.7. The zero-order valence-corrected chi connectivity index (χ0v) is 8.81. The molecule has 1 heterocycles. The van der Waals surface area contributed by atoms with Crippen LogP contribution in [0.1, 0.15) is 24.5 Å². The van der Waals surface area contributed by atoms with Gasteiger partial charge < -0.3 is 4.74 Å². The zero-order chi connectivity index (χ0) is 10.1. The minimum absolute atomic E-state index is 0.166. The van der Waals surface area contributed by atoms with E-state index in [9.17, 15) is 4.79 Å². The molecule has 0 spiro atoms. The number of esters is 1. The Bertz CT molecular complexity index is 376. The third-order valence-corrected chi connectivity index (χ3v) is 2.76. The Labute approximate surface area is 91.8 Å². The van der Waals surface area contributed by atoms with Crippen LogP contribution in [-0.2, 0) is 9.53 Å². The number of cyclic esters (lactones) is 1. The van der Waals surface area contributed by atoms with E-state index in [-0.39, 0.29) is 12.1 Å². The van der Waals surface area contributed by atoms with E-state index in [1.807, 2.05) is 0 Å². The quantitative estimate of drug-likeness (QED) is 0.692. The van der Waals surface area contributed by atoms with Crippen LogP contribution < -0.4 is 0 Å². The van der Waals surface area contributed by atoms with Gasteiger partial charge in [0.1, 0.15) is 6.10 Å². The highest BCUT2D eigenvalue weighted by atomic mass is 35.5. The van der Waals surface area contributed by atoms with E-state index in [1.54, 1.807) is 18.2 Å². The molecular weight excluding hydrogens is 223 g/mol. The second kappa shape index (κ2) is 3.79. The summed E-state index contributed by atoms with van der Waals surface area (Å²) in [6.07, 6.45) is 0.955. The van der Waals surface area contributed by atoms with Gasteiger partial charge in [-0.15, -0.1) is 0 Å². The van der Waals surface area contributed by atoms with Crippen molar-refractivity contribution in [3.8, 4) is 0 Å². The first kappa shape index (κ1) is 9.81. The summed E-state index contributed by atoms with van der Waals surface area (Å²) in [6.45, 7) is 0. The smallest absolute Gasteiger partial charge is 0.306 e. The first-order valence-electron chi connectivity index (χ1n) is 4.31. The van der Waals surface area contributed by atoms with E-state index >= 15 is 0 Å². The lowest BCUT2D eigenvalue weighted by Crippen LogP contribution is -1.99. The summed E-state index contributed by atoms with van der Waals surface area (Å²) in [7, 11) is 0. The lowest BCUT2D eigenvalue weighted by Gasteiger charge is -2.11. The summed E-state index contributed by atoms with van der Waals surface area (Å²) in [4.78, 5) is 10.9. The molecule has 14 heavy (non-hydrogen) atoms. The van der Waals surface area contributed by atoms with Crippen molar-refractivity contribution in [2.75, 3.05) is 0 Å². The molecule has 1 fully saturated rings. The molecule has 0 amide bonds. The van der Waals surface area contributed by atoms with Crippen molar-refractivity contribution >= 4 is 29.2 Å². The summed E-state index contributed by atoms with van der Waals surface area (Å²) in [5.41, 5.74) is 0.835. The molecule has 2 nitrogen and oxygen atoms in total. The molecule has 1 aromatic carbocycles. The van der Waals surface area contributed by atoms with Gasteiger partial charge in [-0.2, -0.15) is 0 Å². The molecule has 1 aliphatic heterocycles. The third kappa shape index (κ3) is 1.86. The molecule has 1 aliphatic rings. The van der Waals surface area contributed by atoms with Crippen molar-refractivity contribution in [1.29, 1.82) is 0 Å². The SMILES string of the molecule is O=C1CCC(c2ccc(Cl)cc2Cl)O1. The summed E-state index contributed by atoms with van der Waals surface area (Å²) in [5.74, 6) is -0.166. The predicted octanol–water partition coefficient (Wildman–Crippen LogP) is 3.37. The molecule has 2 rings (SSSR count). The van der Waals surface area contributed by atoms with Crippen LogP contribution in [0.25, 0.3) is 0 Å². The molecule has 0 bridgehead atoms. The standard InChI is InChI=1S/C10H8Cl2O2/c11-6-1-2-7(8(12)5-6)9-3-4-10(13)14-9/h1-2,5,9H,3-4H2. The van der Waals surface area contributed by atoms with E-state index in [4.69, 9.17) is 27.9 Å². The number of rotatable bonds is 1. The van der Waals surface area contributed by atoms with Gasteiger partial charge in [-0.1, -0.05) is 29.3 Å². The summed E-state index contributed by atoms with van der Waals surface area (Å²) in [6, 6.07) is 5.20. The maximum Gasteiger partial charge on any atom is 0.306 e. The van der Waals surface area contributed by atoms with Crippen LogP contribution in [0.3, 0.4) is 0 Å². The number of hydrogen-bond donors (Lipinski definition) is 0. The minimum Gasteiger partial charge on any atom is -0.457 e. The van der Waals surface area contributed by atoms with Crippen LogP contribution in [0, 0.1) is 0 Å². The van der Waals surface area contributed by atoms with Gasteiger partial charge in [0.2, 0.25) is 0 Å². The fourth-order valence-corrected chi connectivity index (χ4v) is 2.04. The minimum atomic E-state index is -0.202. The lowest BCUT2D eigenvalue weighted by atomic mass is 10.1. The molecule has 0 aromatic heterocycles. The lowest BCUT2D eigenvalue weighted by molar-refractivity contribution is -0.141. The summed E-state index contributed by atoms with van der Waals surface area (Å²) < 4.78 is 5.10. The van der Waals surface area contributed by atoms with Gasteiger partial charge in [0.15, 0.2) is 0 Å². The molecule has 0 saturated carbocycles. The van der Waals surface area contributed by atoms with Crippen LogP contribution in [0.15, 0.2) is 18.2 Å². The van der Waals surface area contributed by atoms with Crippen molar-refractivity contribution in [2.45, 2.75) is 18.9 Å². The monoisotopic (exact) mass is 230 g/mol. The van der Waals surface area contributed by atoms with Crippen LogP contribution >= 0.6 is 23.2 Å². The number of carbonyl (C=O) groups is 1. The topological polar surface area (TPSA) is 26.3 Å². The maximum atomic E-state index is 10.9. The van der Waals surface area contributed by atoms with Gasteiger partial charge in [-0.3, -0.25) is 4.79 Å². The highest BCUT2D eigenvalue weighted by Gasteiger charge is 2.26. The molecule has 1 atom stereocenters. The van der Waals surface area contributed by atoms with E-state index in [2.05, 4.69) is 0 Å². The van der Waals surface area contributed by atoms with Gasteiger partial charge >= 0.3 is 5.97 Å². The molecule has 1 unspecified atom stereocenters. The second-order valence-electron chi connectivity index (χ2n) is 3.18. The zero-order valence-electron chi connectivity index (χ0n) is 7.30. The number of halogens is 2. The number of ether oxygens (including phenoxy) is 1. The van der Waals surface area contributed by atoms with Crippen LogP contribution in [0.2, 0.25) is 10.0 Å². The molecule has 0 aliphatic carbocycles. The Morgan fingerprint density at radius 2 is 2.14 bits per heavy atom. The Morgan fingerprint density at radius 1 is 1.36 bits per heavy atom. The molecular formula is C10H8Cl2O2. The highest BCUT2D eigenvalue weighted by Crippen LogP contribution is 2.34. The fourth-order valence-electron chi connectivity index (χ4n) is 1.51. The van der Waals surface area contributed by atoms with Gasteiger partial charge in [0.05, 0.1) is 0 Å². The molecule has 4 heteroatoms. The first-order chi connectivity index (χ1) is 6.66. The van der Waals surface area contributed by atoms with Crippen LogP contribution in [-0.4, -0.2) is 5.97 Å². The van der Waals surface area contributed by atoms with E-state index in [0.717, 1.165) is 5.56 Å². The van der Waals surface area contributed by atoms with E-state index in [0.29, 0.717) is 22.9 Å². The Kier molecular flexibility index (Phi) is 2.66. The number of hydrogen-bond acceptors (Lipinski definition) is 2. The van der Waals surface area contributed by atoms with Crippen molar-refractivity contribution in [1.82, 2.24) is 0 Å². The van der Waals surface area contributed by atoms with Crippen molar-refractivity contribution in [2.24, 2.45) is 0 Å². The number of benzene rings is 1. The van der Waals surface area contributed by atoms with Crippen LogP contribution in [0.4, 0.5) is 0 Å². The molecule has 0 N–H and O–H groups in total.